The van der Waals surface area contributed by atoms with Crippen LogP contribution in [0.5, 0.6) is 0 Å². The van der Waals surface area contributed by atoms with Gasteiger partial charge in [0.25, 0.3) is 5.91 Å². The van der Waals surface area contributed by atoms with Crippen molar-refractivity contribution in [2.24, 2.45) is 0 Å². The molecule has 1 saturated heterocycles. The summed E-state index contributed by atoms with van der Waals surface area (Å²) in [4.78, 5) is 27.8. The number of anilines is 1. The van der Waals surface area contributed by atoms with Gasteiger partial charge >= 0.3 is 0 Å². The number of nitrogens with zero attached hydrogens (tertiary/aromatic N) is 4. The van der Waals surface area contributed by atoms with Crippen LogP contribution in [0.2, 0.25) is 0 Å². The molecule has 1 aliphatic rings. The molecular weight excluding hydrogens is 334 g/mol. The lowest BCUT2D eigenvalue weighted by Gasteiger charge is -2.27. The summed E-state index contributed by atoms with van der Waals surface area (Å²) < 4.78 is 1.01. The molecule has 4 rings (SSSR count). The van der Waals surface area contributed by atoms with Crippen LogP contribution in [0.15, 0.2) is 36.0 Å². The van der Waals surface area contributed by atoms with Crippen molar-refractivity contribution < 1.29 is 4.79 Å². The van der Waals surface area contributed by atoms with Gasteiger partial charge in [-0.25, -0.2) is 15.0 Å². The minimum absolute atomic E-state index is 0.123. The molecule has 1 aliphatic heterocycles. The highest BCUT2D eigenvalue weighted by atomic mass is 32.1. The molecule has 3 heterocycles. The molecule has 1 amide bonds. The van der Waals surface area contributed by atoms with Gasteiger partial charge in [0.1, 0.15) is 11.6 Å². The second kappa shape index (κ2) is 7.14. The van der Waals surface area contributed by atoms with Gasteiger partial charge in [0.15, 0.2) is 0 Å². The minimum Gasteiger partial charge on any atom is -0.357 e. The molecule has 2 aromatic heterocycles. The average molecular weight is 353 g/mol. The van der Waals surface area contributed by atoms with E-state index in [-0.39, 0.29) is 5.91 Å². The topological polar surface area (TPSA) is 71.0 Å². The van der Waals surface area contributed by atoms with Gasteiger partial charge in [0.05, 0.1) is 22.3 Å². The molecule has 1 fully saturated rings. The van der Waals surface area contributed by atoms with Crippen LogP contribution in [-0.2, 0) is 6.54 Å². The smallest absolute Gasteiger partial charge is 0.251 e. The summed E-state index contributed by atoms with van der Waals surface area (Å²) >= 11 is 1.53. The summed E-state index contributed by atoms with van der Waals surface area (Å²) in [7, 11) is 0. The van der Waals surface area contributed by atoms with E-state index in [2.05, 4.69) is 25.2 Å². The summed E-state index contributed by atoms with van der Waals surface area (Å²) in [5.41, 5.74) is 3.33. The highest BCUT2D eigenvalue weighted by molar-refractivity contribution is 7.16. The zero-order chi connectivity index (χ0) is 17.1. The third-order valence-corrected chi connectivity index (χ3v) is 5.16. The van der Waals surface area contributed by atoms with Gasteiger partial charge in [0.2, 0.25) is 0 Å². The number of aromatic nitrogens is 3. The average Bonchev–Trinajstić information content (AvgIpc) is 3.15. The Balaban J connectivity index is 1.42. The number of carbonyl (C=O) groups excluding carboxylic acids is 1. The molecule has 0 unspecified atom stereocenters. The van der Waals surface area contributed by atoms with Gasteiger partial charge in [-0.3, -0.25) is 4.79 Å². The van der Waals surface area contributed by atoms with Crippen LogP contribution in [0.25, 0.3) is 10.2 Å². The van der Waals surface area contributed by atoms with Crippen LogP contribution in [0, 0.1) is 0 Å². The number of piperidine rings is 1. The first-order chi connectivity index (χ1) is 12.3. The number of carbonyl (C=O) groups is 1. The molecule has 3 aromatic rings. The zero-order valence-electron chi connectivity index (χ0n) is 13.8. The number of benzene rings is 1. The fourth-order valence-electron chi connectivity index (χ4n) is 3.03. The Morgan fingerprint density at radius 3 is 2.92 bits per heavy atom. The Labute approximate surface area is 149 Å². The molecule has 0 atom stereocenters. The highest BCUT2D eigenvalue weighted by Crippen LogP contribution is 2.19. The van der Waals surface area contributed by atoms with Gasteiger partial charge in [-0.15, -0.1) is 11.3 Å². The standard InChI is InChI=1S/C18H19N5OS/c24-18(13-4-5-14-15(10-13)25-12-21-14)20-11-16-19-7-6-17(22-16)23-8-2-1-3-9-23/h4-7,10,12H,1-3,8-9,11H2,(H,20,24). The van der Waals surface area contributed by atoms with Gasteiger partial charge in [0, 0.05) is 24.8 Å². The van der Waals surface area contributed by atoms with Crippen LogP contribution in [0.1, 0.15) is 35.4 Å². The van der Waals surface area contributed by atoms with Crippen molar-refractivity contribution in [3.63, 3.8) is 0 Å². The minimum atomic E-state index is -0.123. The summed E-state index contributed by atoms with van der Waals surface area (Å²) in [6.07, 6.45) is 5.46. The molecule has 0 saturated carbocycles. The molecule has 6 nitrogen and oxygen atoms in total. The second-order valence-electron chi connectivity index (χ2n) is 6.10. The first-order valence-electron chi connectivity index (χ1n) is 8.48. The van der Waals surface area contributed by atoms with Gasteiger partial charge in [-0.1, -0.05) is 0 Å². The van der Waals surface area contributed by atoms with E-state index in [9.17, 15) is 4.79 Å². The lowest BCUT2D eigenvalue weighted by Crippen LogP contribution is -2.31. The Kier molecular flexibility index (Phi) is 4.56. The second-order valence-corrected chi connectivity index (χ2v) is 6.98. The molecule has 0 spiro atoms. The number of hydrogen-bond donors (Lipinski definition) is 1. The number of rotatable bonds is 4. The third-order valence-electron chi connectivity index (χ3n) is 4.37. The number of hydrogen-bond acceptors (Lipinski definition) is 6. The Hall–Kier alpha value is -2.54. The first-order valence-corrected chi connectivity index (χ1v) is 9.36. The number of amides is 1. The van der Waals surface area contributed by atoms with Crippen LogP contribution < -0.4 is 10.2 Å². The SMILES string of the molecule is O=C(NCc1nccc(N2CCCCC2)n1)c1ccc2ncsc2c1. The summed E-state index contributed by atoms with van der Waals surface area (Å²) in [6, 6.07) is 7.47. The maximum Gasteiger partial charge on any atom is 0.251 e. The number of fused-ring (bicyclic) bond motifs is 1. The van der Waals surface area contributed by atoms with Gasteiger partial charge in [-0.05, 0) is 43.5 Å². The van der Waals surface area contributed by atoms with E-state index >= 15 is 0 Å². The van der Waals surface area contributed by atoms with E-state index in [0.717, 1.165) is 29.1 Å². The van der Waals surface area contributed by atoms with Crippen LogP contribution in [0.3, 0.4) is 0 Å². The van der Waals surface area contributed by atoms with E-state index in [4.69, 9.17) is 0 Å². The van der Waals surface area contributed by atoms with E-state index in [1.54, 1.807) is 17.8 Å². The zero-order valence-corrected chi connectivity index (χ0v) is 14.6. The Morgan fingerprint density at radius 2 is 2.04 bits per heavy atom. The molecule has 7 heteroatoms. The maximum atomic E-state index is 12.4. The highest BCUT2D eigenvalue weighted by Gasteiger charge is 2.13. The fraction of sp³-hybridized carbons (Fsp3) is 0.333. The molecule has 0 radical (unpaired) electrons. The molecule has 1 N–H and O–H groups in total. The van der Waals surface area contributed by atoms with E-state index in [0.29, 0.717) is 17.9 Å². The molecular formula is C18H19N5OS. The van der Waals surface area contributed by atoms with Crippen LogP contribution in [-0.4, -0.2) is 33.9 Å². The third kappa shape index (κ3) is 3.61. The summed E-state index contributed by atoms with van der Waals surface area (Å²) in [5.74, 6) is 1.46. The molecule has 1 aromatic carbocycles. The monoisotopic (exact) mass is 353 g/mol. The fourth-order valence-corrected chi connectivity index (χ4v) is 3.75. The van der Waals surface area contributed by atoms with E-state index < -0.39 is 0 Å². The van der Waals surface area contributed by atoms with Crippen molar-refractivity contribution in [3.8, 4) is 0 Å². The maximum absolute atomic E-state index is 12.4. The normalized spacial score (nSPS) is 14.6. The van der Waals surface area contributed by atoms with E-state index in [1.165, 1.54) is 30.6 Å². The van der Waals surface area contributed by atoms with Gasteiger partial charge in [-0.2, -0.15) is 0 Å². The predicted molar refractivity (Wildman–Crippen MR) is 98.9 cm³/mol. The Morgan fingerprint density at radius 1 is 1.16 bits per heavy atom. The van der Waals surface area contributed by atoms with Crippen LogP contribution >= 0.6 is 11.3 Å². The summed E-state index contributed by atoms with van der Waals surface area (Å²) in [6.45, 7) is 2.40. The van der Waals surface area contributed by atoms with Crippen molar-refractivity contribution in [2.75, 3.05) is 18.0 Å². The molecule has 0 aliphatic carbocycles. The van der Waals surface area contributed by atoms with Crippen molar-refractivity contribution >= 4 is 33.3 Å². The lowest BCUT2D eigenvalue weighted by molar-refractivity contribution is 0.0950. The summed E-state index contributed by atoms with van der Waals surface area (Å²) in [5, 5.41) is 2.90. The lowest BCUT2D eigenvalue weighted by atomic mass is 10.1. The van der Waals surface area contributed by atoms with Crippen molar-refractivity contribution in [2.45, 2.75) is 25.8 Å². The van der Waals surface area contributed by atoms with Crippen molar-refractivity contribution in [1.82, 2.24) is 20.3 Å². The van der Waals surface area contributed by atoms with Crippen molar-refractivity contribution in [3.05, 3.63) is 47.4 Å². The molecule has 128 valence electrons. The largest absolute Gasteiger partial charge is 0.357 e. The van der Waals surface area contributed by atoms with Crippen LogP contribution in [0.4, 0.5) is 5.82 Å². The quantitative estimate of drug-likeness (QED) is 0.781. The van der Waals surface area contributed by atoms with Crippen molar-refractivity contribution in [1.29, 1.82) is 0 Å². The Bertz CT molecular complexity index is 888. The van der Waals surface area contributed by atoms with Gasteiger partial charge < -0.3 is 10.2 Å². The van der Waals surface area contributed by atoms with E-state index in [1.807, 2.05) is 18.2 Å². The first kappa shape index (κ1) is 16.0. The number of thiazole rings is 1. The predicted octanol–water partition coefficient (Wildman–Crippen LogP) is 3.01. The molecule has 0 bridgehead atoms. The molecule has 25 heavy (non-hydrogen) atoms. The number of nitrogens with one attached hydrogen (secondary N) is 1.